The van der Waals surface area contributed by atoms with Crippen molar-refractivity contribution in [2.75, 3.05) is 0 Å². The molecule has 0 aromatic heterocycles. The van der Waals surface area contributed by atoms with Crippen molar-refractivity contribution in [1.29, 1.82) is 0 Å². The number of benzene rings is 6. The lowest BCUT2D eigenvalue weighted by Crippen LogP contribution is -1.91. The lowest BCUT2D eigenvalue weighted by Gasteiger charge is -2.11. The largest absolute Gasteiger partial charge is 0.0616 e. The lowest BCUT2D eigenvalue weighted by molar-refractivity contribution is 1.19. The molecule has 0 radical (unpaired) electrons. The van der Waals surface area contributed by atoms with E-state index in [1.54, 1.807) is 0 Å². The second-order valence-corrected chi connectivity index (χ2v) is 8.63. The van der Waals surface area contributed by atoms with Gasteiger partial charge in [0.1, 0.15) is 0 Å². The molecule has 0 bridgehead atoms. The molecule has 0 unspecified atom stereocenters. The van der Waals surface area contributed by atoms with Crippen molar-refractivity contribution < 1.29 is 0 Å². The van der Waals surface area contributed by atoms with E-state index in [9.17, 15) is 0 Å². The Morgan fingerprint density at radius 1 is 0.364 bits per heavy atom. The molecule has 0 aliphatic heterocycles. The van der Waals surface area contributed by atoms with Crippen LogP contribution in [0, 0.1) is 0 Å². The van der Waals surface area contributed by atoms with Crippen molar-refractivity contribution >= 4 is 21.5 Å². The molecule has 0 aliphatic rings. The average Bonchev–Trinajstić information content (AvgIpc) is 2.88. The van der Waals surface area contributed by atoms with E-state index >= 15 is 0 Å². The van der Waals surface area contributed by atoms with Gasteiger partial charge in [0, 0.05) is 0 Å². The van der Waals surface area contributed by atoms with Crippen LogP contribution in [-0.4, -0.2) is 0 Å². The van der Waals surface area contributed by atoms with Crippen molar-refractivity contribution in [3.63, 3.8) is 0 Å². The molecule has 0 aliphatic carbocycles. The van der Waals surface area contributed by atoms with Crippen LogP contribution in [0.5, 0.6) is 0 Å². The van der Waals surface area contributed by atoms with Crippen molar-refractivity contribution in [2.45, 2.75) is 6.42 Å². The molecule has 0 amide bonds. The topological polar surface area (TPSA) is 0 Å². The highest BCUT2D eigenvalue weighted by Gasteiger charge is 2.07. The fourth-order valence-electron chi connectivity index (χ4n) is 4.89. The van der Waals surface area contributed by atoms with E-state index in [4.69, 9.17) is 0 Å². The summed E-state index contributed by atoms with van der Waals surface area (Å²) in [5, 5.41) is 5.16. The molecule has 0 N–H and O–H groups in total. The van der Waals surface area contributed by atoms with Gasteiger partial charge in [0.15, 0.2) is 0 Å². The van der Waals surface area contributed by atoms with Gasteiger partial charge in [-0.1, -0.05) is 133 Å². The van der Waals surface area contributed by atoms with Gasteiger partial charge in [-0.15, -0.1) is 0 Å². The van der Waals surface area contributed by atoms with Gasteiger partial charge in [0.05, 0.1) is 0 Å². The SMILES string of the molecule is c1cc(Cc2cccc(-c3cccc4ccccc34)c2)cc(-c2cccc3ccccc23)c1. The molecule has 33 heavy (non-hydrogen) atoms. The fraction of sp³-hybridized carbons (Fsp3) is 0.0303. The summed E-state index contributed by atoms with van der Waals surface area (Å²) in [6.07, 6.45) is 0.914. The summed E-state index contributed by atoms with van der Waals surface area (Å²) in [4.78, 5) is 0. The lowest BCUT2D eigenvalue weighted by atomic mass is 9.93. The van der Waals surface area contributed by atoms with Crippen LogP contribution in [0.3, 0.4) is 0 Å². The van der Waals surface area contributed by atoms with Crippen molar-refractivity contribution in [1.82, 2.24) is 0 Å². The van der Waals surface area contributed by atoms with Crippen LogP contribution in [0.4, 0.5) is 0 Å². The quantitative estimate of drug-likeness (QED) is 0.267. The van der Waals surface area contributed by atoms with Gasteiger partial charge in [-0.2, -0.15) is 0 Å². The second kappa shape index (κ2) is 8.41. The number of hydrogen-bond acceptors (Lipinski definition) is 0. The summed E-state index contributed by atoms with van der Waals surface area (Å²) in [6.45, 7) is 0. The zero-order chi connectivity index (χ0) is 22.0. The van der Waals surface area contributed by atoms with Gasteiger partial charge in [0.25, 0.3) is 0 Å². The van der Waals surface area contributed by atoms with Gasteiger partial charge >= 0.3 is 0 Å². The van der Waals surface area contributed by atoms with Gasteiger partial charge in [0.2, 0.25) is 0 Å². The number of fused-ring (bicyclic) bond motifs is 2. The van der Waals surface area contributed by atoms with E-state index in [1.807, 2.05) is 0 Å². The van der Waals surface area contributed by atoms with E-state index in [1.165, 1.54) is 54.9 Å². The first-order valence-electron chi connectivity index (χ1n) is 11.5. The van der Waals surface area contributed by atoms with Crippen LogP contribution in [-0.2, 0) is 6.42 Å². The Morgan fingerprint density at radius 3 is 1.30 bits per heavy atom. The summed E-state index contributed by atoms with van der Waals surface area (Å²) < 4.78 is 0. The Labute approximate surface area is 194 Å². The Bertz CT molecular complexity index is 1460. The van der Waals surface area contributed by atoms with E-state index in [-0.39, 0.29) is 0 Å². The molecule has 6 rings (SSSR count). The van der Waals surface area contributed by atoms with Gasteiger partial charge in [-0.05, 0) is 61.3 Å². The number of rotatable bonds is 4. The van der Waals surface area contributed by atoms with E-state index in [0.29, 0.717) is 0 Å². The minimum atomic E-state index is 0.914. The van der Waals surface area contributed by atoms with Crippen LogP contribution in [0.15, 0.2) is 133 Å². The molecule has 0 spiro atoms. The molecule has 0 heterocycles. The molecular weight excluding hydrogens is 396 g/mol. The van der Waals surface area contributed by atoms with Crippen LogP contribution >= 0.6 is 0 Å². The maximum Gasteiger partial charge on any atom is -0.00253 e. The van der Waals surface area contributed by atoms with Crippen LogP contribution < -0.4 is 0 Å². The third kappa shape index (κ3) is 3.81. The summed E-state index contributed by atoms with van der Waals surface area (Å²) in [6, 6.07) is 48.3. The van der Waals surface area contributed by atoms with E-state index < -0.39 is 0 Å². The Balaban J connectivity index is 1.36. The standard InChI is InChI=1S/C33H24/c1-3-17-30-26(11-1)13-7-19-32(30)28-15-5-9-24(22-28)21-25-10-6-16-29(23-25)33-20-8-14-27-12-2-4-18-31(27)33/h1-20,22-23H,21H2. The zero-order valence-corrected chi connectivity index (χ0v) is 18.4. The predicted octanol–water partition coefficient (Wildman–Crippen LogP) is 8.92. The number of hydrogen-bond donors (Lipinski definition) is 0. The highest BCUT2D eigenvalue weighted by Crippen LogP contribution is 2.31. The summed E-state index contributed by atoms with van der Waals surface area (Å²) in [7, 11) is 0. The van der Waals surface area contributed by atoms with Crippen LogP contribution in [0.25, 0.3) is 43.8 Å². The minimum absolute atomic E-state index is 0.914. The molecule has 0 nitrogen and oxygen atoms in total. The van der Waals surface area contributed by atoms with Gasteiger partial charge < -0.3 is 0 Å². The first-order chi connectivity index (χ1) is 16.3. The van der Waals surface area contributed by atoms with Gasteiger partial charge in [-0.3, -0.25) is 0 Å². The highest BCUT2D eigenvalue weighted by atomic mass is 14.1. The summed E-state index contributed by atoms with van der Waals surface area (Å²) >= 11 is 0. The monoisotopic (exact) mass is 420 g/mol. The van der Waals surface area contributed by atoms with Crippen LogP contribution in [0.1, 0.15) is 11.1 Å². The van der Waals surface area contributed by atoms with Crippen LogP contribution in [0.2, 0.25) is 0 Å². The zero-order valence-electron chi connectivity index (χ0n) is 18.4. The summed E-state index contributed by atoms with van der Waals surface area (Å²) in [5.74, 6) is 0. The molecule has 6 aromatic carbocycles. The third-order valence-electron chi connectivity index (χ3n) is 6.46. The molecule has 6 aromatic rings. The normalized spacial score (nSPS) is 11.2. The van der Waals surface area contributed by atoms with E-state index in [2.05, 4.69) is 133 Å². The highest BCUT2D eigenvalue weighted by molar-refractivity contribution is 5.97. The van der Waals surface area contributed by atoms with Crippen molar-refractivity contribution in [3.8, 4) is 22.3 Å². The summed E-state index contributed by atoms with van der Waals surface area (Å²) in [5.41, 5.74) is 7.79. The Kier molecular flexibility index (Phi) is 4.97. The molecule has 0 saturated carbocycles. The first-order valence-corrected chi connectivity index (χ1v) is 11.5. The third-order valence-corrected chi connectivity index (χ3v) is 6.46. The molecule has 0 atom stereocenters. The average molecular weight is 421 g/mol. The maximum absolute atomic E-state index is 2.34. The molecule has 156 valence electrons. The van der Waals surface area contributed by atoms with Crippen molar-refractivity contribution in [2.24, 2.45) is 0 Å². The Hall–Kier alpha value is -4.16. The molecule has 0 saturated heterocycles. The Morgan fingerprint density at radius 2 is 0.788 bits per heavy atom. The molecule has 0 fully saturated rings. The van der Waals surface area contributed by atoms with Gasteiger partial charge in [-0.25, -0.2) is 0 Å². The minimum Gasteiger partial charge on any atom is -0.0616 e. The van der Waals surface area contributed by atoms with Crippen molar-refractivity contribution in [3.05, 3.63) is 145 Å². The smallest absolute Gasteiger partial charge is 0.00253 e. The first kappa shape index (κ1) is 19.5. The fourth-order valence-corrected chi connectivity index (χ4v) is 4.89. The second-order valence-electron chi connectivity index (χ2n) is 8.63. The predicted molar refractivity (Wildman–Crippen MR) is 142 cm³/mol. The van der Waals surface area contributed by atoms with E-state index in [0.717, 1.165) is 6.42 Å². The molecule has 0 heteroatoms. The molecular formula is C33H24. The maximum atomic E-state index is 2.34.